The molecule has 208 valence electrons. The van der Waals surface area contributed by atoms with Gasteiger partial charge in [0.05, 0.1) is 36.8 Å². The summed E-state index contributed by atoms with van der Waals surface area (Å²) in [4.78, 5) is 27.3. The van der Waals surface area contributed by atoms with Gasteiger partial charge < -0.3 is 25.2 Å². The second kappa shape index (κ2) is 11.9. The molecule has 1 aromatic carbocycles. The maximum Gasteiger partial charge on any atom is 0.232 e. The number of hydrogen-bond donors (Lipinski definition) is 2. The van der Waals surface area contributed by atoms with Gasteiger partial charge in [-0.3, -0.25) is 4.68 Å². The second-order valence-corrected chi connectivity index (χ2v) is 10.3. The highest BCUT2D eigenvalue weighted by Crippen LogP contribution is 2.22. The first kappa shape index (κ1) is 26.1. The van der Waals surface area contributed by atoms with E-state index in [0.29, 0.717) is 18.4 Å². The molecule has 6 rings (SSSR count). The fourth-order valence-electron chi connectivity index (χ4n) is 5.16. The first-order valence-corrected chi connectivity index (χ1v) is 13.8. The Morgan fingerprint density at radius 3 is 2.62 bits per heavy atom. The summed E-state index contributed by atoms with van der Waals surface area (Å²) in [6.07, 6.45) is 8.16. The van der Waals surface area contributed by atoms with E-state index in [1.54, 1.807) is 12.5 Å². The summed E-state index contributed by atoms with van der Waals surface area (Å²) < 4.78 is 7.78. The van der Waals surface area contributed by atoms with Crippen LogP contribution in [0.1, 0.15) is 23.7 Å². The van der Waals surface area contributed by atoms with Crippen molar-refractivity contribution in [2.45, 2.75) is 39.0 Å². The van der Waals surface area contributed by atoms with Gasteiger partial charge >= 0.3 is 0 Å². The molecule has 2 aliphatic rings. The van der Waals surface area contributed by atoms with Crippen molar-refractivity contribution in [3.05, 3.63) is 72.1 Å². The number of nitrogens with zero attached hydrogens (tertiary/aromatic N) is 9. The molecule has 0 radical (unpaired) electrons. The number of piperazine rings is 1. The molecule has 0 amide bonds. The number of rotatable bonds is 8. The SMILES string of the molecule is Cc1c(Nc2ncnc(N3CCN(c4ncc(Cc5ccccc5)cn4)[C@H](C)C3)n2)cnn1C[C@@H]1CNCCO1. The Balaban J connectivity index is 1.07. The lowest BCUT2D eigenvalue weighted by atomic mass is 10.1. The number of morpholine rings is 1. The van der Waals surface area contributed by atoms with Gasteiger partial charge in [0, 0.05) is 57.6 Å². The number of nitrogens with one attached hydrogen (secondary N) is 2. The minimum absolute atomic E-state index is 0.113. The van der Waals surface area contributed by atoms with E-state index < -0.39 is 0 Å². The molecular weight excluding hydrogens is 506 g/mol. The molecular formula is C28H35N11O. The number of anilines is 4. The van der Waals surface area contributed by atoms with Crippen LogP contribution in [0, 0.1) is 6.92 Å². The topological polar surface area (TPSA) is 122 Å². The van der Waals surface area contributed by atoms with Crippen LogP contribution in [0.4, 0.5) is 23.5 Å². The van der Waals surface area contributed by atoms with Gasteiger partial charge in [-0.25, -0.2) is 19.9 Å². The molecule has 0 spiro atoms. The Morgan fingerprint density at radius 2 is 1.85 bits per heavy atom. The van der Waals surface area contributed by atoms with Crippen LogP contribution in [0.15, 0.2) is 55.2 Å². The summed E-state index contributed by atoms with van der Waals surface area (Å²) >= 11 is 0. The van der Waals surface area contributed by atoms with Crippen molar-refractivity contribution in [3.8, 4) is 0 Å². The van der Waals surface area contributed by atoms with Crippen molar-refractivity contribution in [3.63, 3.8) is 0 Å². The lowest BCUT2D eigenvalue weighted by molar-refractivity contribution is 0.0158. The summed E-state index contributed by atoms with van der Waals surface area (Å²) in [6, 6.07) is 10.6. The third kappa shape index (κ3) is 6.02. The van der Waals surface area contributed by atoms with Crippen LogP contribution in [-0.2, 0) is 17.7 Å². The molecule has 2 atom stereocenters. The first-order chi connectivity index (χ1) is 19.6. The number of benzene rings is 1. The summed E-state index contributed by atoms with van der Waals surface area (Å²) in [6.45, 7) is 9.65. The maximum atomic E-state index is 5.83. The quantitative estimate of drug-likeness (QED) is 0.341. The van der Waals surface area contributed by atoms with Gasteiger partial charge in [-0.05, 0) is 25.0 Å². The zero-order valence-electron chi connectivity index (χ0n) is 22.9. The highest BCUT2D eigenvalue weighted by atomic mass is 16.5. The molecule has 0 aliphatic carbocycles. The van der Waals surface area contributed by atoms with Crippen molar-refractivity contribution < 1.29 is 4.74 Å². The average molecular weight is 542 g/mol. The second-order valence-electron chi connectivity index (χ2n) is 10.3. The van der Waals surface area contributed by atoms with Crippen molar-refractivity contribution in [1.82, 2.24) is 40.0 Å². The first-order valence-electron chi connectivity index (χ1n) is 13.8. The highest BCUT2D eigenvalue weighted by Gasteiger charge is 2.27. The average Bonchev–Trinajstić information content (AvgIpc) is 3.33. The predicted octanol–water partition coefficient (Wildman–Crippen LogP) is 2.20. The highest BCUT2D eigenvalue weighted by molar-refractivity contribution is 5.56. The van der Waals surface area contributed by atoms with Gasteiger partial charge in [0.2, 0.25) is 17.8 Å². The van der Waals surface area contributed by atoms with E-state index in [-0.39, 0.29) is 12.1 Å². The van der Waals surface area contributed by atoms with Gasteiger partial charge in [0.1, 0.15) is 6.33 Å². The number of aromatic nitrogens is 7. The van der Waals surface area contributed by atoms with Crippen LogP contribution >= 0.6 is 0 Å². The Kier molecular flexibility index (Phi) is 7.78. The normalized spacial score (nSPS) is 19.6. The van der Waals surface area contributed by atoms with Gasteiger partial charge in [-0.1, -0.05) is 30.3 Å². The summed E-state index contributed by atoms with van der Waals surface area (Å²) in [7, 11) is 0. The third-order valence-corrected chi connectivity index (χ3v) is 7.40. The van der Waals surface area contributed by atoms with Crippen molar-refractivity contribution in [1.29, 1.82) is 0 Å². The lowest BCUT2D eigenvalue weighted by Gasteiger charge is -2.39. The van der Waals surface area contributed by atoms with Gasteiger partial charge in [0.15, 0.2) is 0 Å². The van der Waals surface area contributed by atoms with Crippen LogP contribution < -0.4 is 20.4 Å². The van der Waals surface area contributed by atoms with Crippen molar-refractivity contribution in [2.75, 3.05) is 54.4 Å². The van der Waals surface area contributed by atoms with E-state index in [0.717, 1.165) is 68.6 Å². The molecule has 5 heterocycles. The van der Waals surface area contributed by atoms with Crippen LogP contribution in [0.3, 0.4) is 0 Å². The number of ether oxygens (including phenoxy) is 1. The largest absolute Gasteiger partial charge is 0.374 e. The summed E-state index contributed by atoms with van der Waals surface area (Å²) in [5.74, 6) is 1.90. The number of hydrogen-bond acceptors (Lipinski definition) is 11. The van der Waals surface area contributed by atoms with E-state index in [9.17, 15) is 0 Å². The Morgan fingerprint density at radius 1 is 1.00 bits per heavy atom. The van der Waals surface area contributed by atoms with Crippen LogP contribution in [0.5, 0.6) is 0 Å². The monoisotopic (exact) mass is 541 g/mol. The molecule has 12 nitrogen and oxygen atoms in total. The van der Waals surface area contributed by atoms with Crippen molar-refractivity contribution >= 4 is 23.5 Å². The fourth-order valence-corrected chi connectivity index (χ4v) is 5.16. The van der Waals surface area contributed by atoms with Crippen LogP contribution in [0.2, 0.25) is 0 Å². The van der Waals surface area contributed by atoms with Gasteiger partial charge in [0.25, 0.3) is 0 Å². The van der Waals surface area contributed by atoms with E-state index in [2.05, 4.69) is 76.7 Å². The van der Waals surface area contributed by atoms with E-state index >= 15 is 0 Å². The molecule has 2 fully saturated rings. The molecule has 0 bridgehead atoms. The third-order valence-electron chi connectivity index (χ3n) is 7.40. The van der Waals surface area contributed by atoms with Crippen LogP contribution in [-0.4, -0.2) is 86.2 Å². The molecule has 4 aromatic rings. The molecule has 2 N–H and O–H groups in total. The lowest BCUT2D eigenvalue weighted by Crippen LogP contribution is -2.53. The van der Waals surface area contributed by atoms with Crippen LogP contribution in [0.25, 0.3) is 0 Å². The molecule has 0 unspecified atom stereocenters. The van der Waals surface area contributed by atoms with Gasteiger partial charge in [-0.15, -0.1) is 0 Å². The Labute approximate surface area is 233 Å². The molecule has 12 heteroatoms. The molecule has 40 heavy (non-hydrogen) atoms. The summed E-state index contributed by atoms with van der Waals surface area (Å²) in [5, 5.41) is 11.2. The van der Waals surface area contributed by atoms with E-state index in [1.165, 1.54) is 5.56 Å². The standard InChI is InChI=1S/C28H35N11O/c1-20-17-37(9-10-38(20)27-30-13-23(14-31-27)12-22-6-4-3-5-7-22)28-33-19-32-26(36-28)35-25-16-34-39(21(25)2)18-24-15-29-8-11-40-24/h3-7,13-14,16,19-20,24,29H,8-12,15,17-18H2,1-2H3,(H,32,33,35,36)/t20-,24+/m1/s1. The maximum absolute atomic E-state index is 5.83. The summed E-state index contributed by atoms with van der Waals surface area (Å²) in [5.41, 5.74) is 4.23. The molecule has 2 aliphatic heterocycles. The molecule has 0 saturated carbocycles. The van der Waals surface area contributed by atoms with E-state index in [4.69, 9.17) is 9.72 Å². The molecule has 2 saturated heterocycles. The Bertz CT molecular complexity index is 1390. The Hall–Kier alpha value is -4.16. The predicted molar refractivity (Wildman–Crippen MR) is 153 cm³/mol. The fraction of sp³-hybridized carbons (Fsp3) is 0.429. The van der Waals surface area contributed by atoms with Gasteiger partial charge in [-0.2, -0.15) is 10.1 Å². The van der Waals surface area contributed by atoms with E-state index in [1.807, 2.05) is 30.1 Å². The molecule has 3 aromatic heterocycles. The van der Waals surface area contributed by atoms with Crippen molar-refractivity contribution in [2.24, 2.45) is 0 Å². The zero-order chi connectivity index (χ0) is 27.3. The minimum Gasteiger partial charge on any atom is -0.374 e. The smallest absolute Gasteiger partial charge is 0.232 e. The zero-order valence-corrected chi connectivity index (χ0v) is 22.9. The minimum atomic E-state index is 0.113.